The van der Waals surface area contributed by atoms with Crippen molar-refractivity contribution in [3.63, 3.8) is 0 Å². The number of benzene rings is 2. The maximum Gasteiger partial charge on any atom is 0.126 e. The molecule has 0 saturated heterocycles. The first kappa shape index (κ1) is 23.7. The number of unbranched alkanes of at least 4 members (excludes halogenated alkanes) is 3. The summed E-state index contributed by atoms with van der Waals surface area (Å²) < 4.78 is 0. The highest BCUT2D eigenvalue weighted by atomic mass is 31.1. The van der Waals surface area contributed by atoms with E-state index in [0.717, 1.165) is 79.3 Å². The van der Waals surface area contributed by atoms with Gasteiger partial charge >= 0.3 is 0 Å². The van der Waals surface area contributed by atoms with Gasteiger partial charge in [0.25, 0.3) is 0 Å². The van der Waals surface area contributed by atoms with Crippen molar-refractivity contribution < 1.29 is 10.2 Å². The Morgan fingerprint density at radius 2 is 1.07 bits per heavy atom. The fourth-order valence-electron chi connectivity index (χ4n) is 3.88. The van der Waals surface area contributed by atoms with E-state index in [9.17, 15) is 10.2 Å². The van der Waals surface area contributed by atoms with E-state index in [2.05, 4.69) is 58.9 Å². The summed E-state index contributed by atoms with van der Waals surface area (Å²) in [6, 6.07) is 8.56. The van der Waals surface area contributed by atoms with Crippen molar-refractivity contribution in [2.75, 3.05) is 6.16 Å². The molecule has 2 rings (SSSR count). The molecule has 2 nitrogen and oxygen atoms in total. The van der Waals surface area contributed by atoms with E-state index in [1.165, 1.54) is 11.1 Å². The normalized spacial score (nSPS) is 11.4. The third-order valence-corrected chi connectivity index (χ3v) is 8.15. The second kappa shape index (κ2) is 11.6. The molecule has 0 aromatic heterocycles. The molecule has 0 saturated carbocycles. The summed E-state index contributed by atoms with van der Waals surface area (Å²) in [7, 11) is -0.793. The van der Waals surface area contributed by atoms with Crippen LogP contribution >= 0.6 is 7.92 Å². The van der Waals surface area contributed by atoms with E-state index in [-0.39, 0.29) is 0 Å². The van der Waals surface area contributed by atoms with Gasteiger partial charge in [-0.2, -0.15) is 0 Å². The van der Waals surface area contributed by atoms with E-state index >= 15 is 0 Å². The van der Waals surface area contributed by atoms with E-state index in [1.807, 2.05) is 0 Å². The molecule has 2 aromatic carbocycles. The minimum Gasteiger partial charge on any atom is -0.507 e. The van der Waals surface area contributed by atoms with Crippen molar-refractivity contribution in [1.82, 2.24) is 0 Å². The van der Waals surface area contributed by atoms with Gasteiger partial charge in [0.2, 0.25) is 0 Å². The third kappa shape index (κ3) is 6.22. The predicted octanol–water partition coefficient (Wildman–Crippen LogP) is 6.63. The summed E-state index contributed by atoms with van der Waals surface area (Å²) in [5.74, 6) is 0.921. The maximum atomic E-state index is 11.2. The number of phenolic OH excluding ortho intramolecular Hbond substituents is 2. The van der Waals surface area contributed by atoms with Crippen LogP contribution in [0, 0.1) is 13.8 Å². The number of hydrogen-bond acceptors (Lipinski definition) is 2. The Morgan fingerprint density at radius 3 is 1.45 bits per heavy atom. The van der Waals surface area contributed by atoms with Gasteiger partial charge in [-0.3, -0.25) is 0 Å². The first-order valence-corrected chi connectivity index (χ1v) is 12.9. The molecule has 0 heterocycles. The number of aryl methyl sites for hydroxylation is 4. The smallest absolute Gasteiger partial charge is 0.126 e. The first-order valence-electron chi connectivity index (χ1n) is 11.3. The first-order chi connectivity index (χ1) is 13.9. The molecule has 0 aliphatic heterocycles. The molecule has 29 heavy (non-hydrogen) atoms. The molecule has 0 aliphatic carbocycles. The average Bonchev–Trinajstić information content (AvgIpc) is 2.70. The van der Waals surface area contributed by atoms with E-state index < -0.39 is 7.92 Å². The predicted molar refractivity (Wildman–Crippen MR) is 129 cm³/mol. The van der Waals surface area contributed by atoms with Crippen LogP contribution in [0.15, 0.2) is 24.3 Å². The monoisotopic (exact) mass is 414 g/mol. The zero-order valence-electron chi connectivity index (χ0n) is 19.0. The van der Waals surface area contributed by atoms with Crippen molar-refractivity contribution >= 4 is 18.5 Å². The van der Waals surface area contributed by atoms with Gasteiger partial charge < -0.3 is 10.2 Å². The number of aromatic hydroxyl groups is 2. The summed E-state index contributed by atoms with van der Waals surface area (Å²) in [6.45, 7) is 10.8. The highest BCUT2D eigenvalue weighted by Crippen LogP contribution is 2.43. The molecule has 0 atom stereocenters. The summed E-state index contributed by atoms with van der Waals surface area (Å²) in [6.07, 6.45) is 9.44. The molecule has 0 radical (unpaired) electrons. The van der Waals surface area contributed by atoms with Crippen molar-refractivity contribution in [2.45, 2.75) is 86.0 Å². The van der Waals surface area contributed by atoms with Crippen molar-refractivity contribution in [3.8, 4) is 11.5 Å². The quantitative estimate of drug-likeness (QED) is 0.405. The Bertz CT molecular complexity index is 734. The Hall–Kier alpha value is -1.53. The average molecular weight is 415 g/mol. The molecule has 0 aliphatic rings. The molecule has 0 fully saturated rings. The van der Waals surface area contributed by atoms with Gasteiger partial charge in [0.05, 0.1) is 0 Å². The fraction of sp³-hybridized carbons (Fsp3) is 0.538. The largest absolute Gasteiger partial charge is 0.507 e. The third-order valence-electron chi connectivity index (χ3n) is 5.54. The minimum atomic E-state index is -0.793. The highest BCUT2D eigenvalue weighted by Gasteiger charge is 2.23. The zero-order valence-corrected chi connectivity index (χ0v) is 19.9. The van der Waals surface area contributed by atoms with E-state index in [0.29, 0.717) is 11.5 Å². The molecule has 3 heteroatoms. The van der Waals surface area contributed by atoms with Gasteiger partial charge in [-0.15, -0.1) is 0 Å². The molecular formula is C26H39O2P. The molecule has 0 amide bonds. The standard InChI is InChI=1S/C26H39O2P/c1-6-9-12-21-15-19(4)17-23(25(21)27)29(14-11-8-3)24-18-20(5)16-22(26(24)28)13-10-7-2/h15-18,27-28H,6-14H2,1-5H3. The lowest BCUT2D eigenvalue weighted by atomic mass is 10.0. The van der Waals surface area contributed by atoms with Crippen LogP contribution in [0.25, 0.3) is 0 Å². The highest BCUT2D eigenvalue weighted by molar-refractivity contribution is 7.73. The van der Waals surface area contributed by atoms with Gasteiger partial charge in [-0.05, 0) is 94.4 Å². The molecule has 2 N–H and O–H groups in total. The fourth-order valence-corrected chi connectivity index (χ4v) is 6.77. The van der Waals surface area contributed by atoms with E-state index in [4.69, 9.17) is 0 Å². The van der Waals surface area contributed by atoms with Crippen LogP contribution in [-0.4, -0.2) is 16.4 Å². The Balaban J connectivity index is 2.58. The summed E-state index contributed by atoms with van der Waals surface area (Å²) in [4.78, 5) is 0. The number of phenols is 2. The van der Waals surface area contributed by atoms with Crippen LogP contribution in [0.5, 0.6) is 11.5 Å². The van der Waals surface area contributed by atoms with Crippen LogP contribution < -0.4 is 10.6 Å². The van der Waals surface area contributed by atoms with Gasteiger partial charge in [0.15, 0.2) is 0 Å². The SMILES string of the molecule is CCCCc1cc(C)cc(P(CCCC)c2cc(C)cc(CCCC)c2O)c1O. The van der Waals surface area contributed by atoms with Crippen LogP contribution in [0.4, 0.5) is 0 Å². The lowest BCUT2D eigenvalue weighted by Crippen LogP contribution is -2.18. The molecule has 160 valence electrons. The Labute approximate surface area is 179 Å². The molecular weight excluding hydrogens is 375 g/mol. The Kier molecular flexibility index (Phi) is 9.50. The Morgan fingerprint density at radius 1 is 0.655 bits per heavy atom. The van der Waals surface area contributed by atoms with Crippen LogP contribution in [0.2, 0.25) is 0 Å². The molecule has 0 unspecified atom stereocenters. The van der Waals surface area contributed by atoms with Crippen LogP contribution in [0.1, 0.15) is 81.5 Å². The van der Waals surface area contributed by atoms with Gasteiger partial charge in [0.1, 0.15) is 11.5 Å². The topological polar surface area (TPSA) is 40.5 Å². The van der Waals surface area contributed by atoms with Crippen molar-refractivity contribution in [2.24, 2.45) is 0 Å². The van der Waals surface area contributed by atoms with Gasteiger partial charge in [0, 0.05) is 10.6 Å². The maximum absolute atomic E-state index is 11.2. The van der Waals surface area contributed by atoms with Gasteiger partial charge in [-0.1, -0.05) is 52.2 Å². The van der Waals surface area contributed by atoms with Crippen LogP contribution in [0.3, 0.4) is 0 Å². The van der Waals surface area contributed by atoms with Crippen LogP contribution in [-0.2, 0) is 12.8 Å². The van der Waals surface area contributed by atoms with E-state index in [1.54, 1.807) is 0 Å². The van der Waals surface area contributed by atoms with Crippen molar-refractivity contribution in [3.05, 3.63) is 46.5 Å². The lowest BCUT2D eigenvalue weighted by Gasteiger charge is -2.24. The number of rotatable bonds is 11. The summed E-state index contributed by atoms with van der Waals surface area (Å²) >= 11 is 0. The summed E-state index contributed by atoms with van der Waals surface area (Å²) in [5.41, 5.74) is 4.52. The molecule has 0 spiro atoms. The minimum absolute atomic E-state index is 0.460. The molecule has 0 bridgehead atoms. The number of hydrogen-bond donors (Lipinski definition) is 2. The summed E-state index contributed by atoms with van der Waals surface area (Å²) in [5, 5.41) is 24.4. The molecule has 2 aromatic rings. The van der Waals surface area contributed by atoms with Gasteiger partial charge in [-0.25, -0.2) is 0 Å². The van der Waals surface area contributed by atoms with Crippen molar-refractivity contribution in [1.29, 1.82) is 0 Å². The zero-order chi connectivity index (χ0) is 21.4. The second-order valence-corrected chi connectivity index (χ2v) is 10.6. The lowest BCUT2D eigenvalue weighted by molar-refractivity contribution is 0.470. The second-order valence-electron chi connectivity index (χ2n) is 8.30.